The zero-order valence-corrected chi connectivity index (χ0v) is 12.1. The molecule has 1 nitrogen and oxygen atoms in total. The predicted octanol–water partition coefficient (Wildman–Crippen LogP) is 4.45. The lowest BCUT2D eigenvalue weighted by molar-refractivity contribution is 0.537. The number of nitrogens with one attached hydrogen (secondary N) is 1. The van der Waals surface area contributed by atoms with Crippen molar-refractivity contribution in [3.8, 4) is 0 Å². The van der Waals surface area contributed by atoms with Gasteiger partial charge < -0.3 is 5.32 Å². The van der Waals surface area contributed by atoms with Gasteiger partial charge in [-0.1, -0.05) is 67.1 Å². The molecule has 0 saturated carbocycles. The minimum absolute atomic E-state index is 0.397. The number of hydrogen-bond acceptors (Lipinski definition) is 1. The second-order valence-corrected chi connectivity index (χ2v) is 5.35. The van der Waals surface area contributed by atoms with Crippen molar-refractivity contribution in [1.29, 1.82) is 0 Å². The second-order valence-electron chi connectivity index (χ2n) is 5.35. The second kappa shape index (κ2) is 6.53. The van der Waals surface area contributed by atoms with Gasteiger partial charge in [-0.15, -0.1) is 0 Å². The van der Waals surface area contributed by atoms with Gasteiger partial charge in [0.05, 0.1) is 0 Å². The molecule has 0 aliphatic rings. The molecule has 2 rings (SSSR count). The molecular formula is C18H23N. The Labute approximate surface area is 116 Å². The standard InChI is InChI=1S/C18H23N/c1-14-9-11-17(12-10-14)15(2)13-19-16(3)18-7-5-4-6-8-18/h4-12,15-16,19H,13H2,1-3H3. The number of aryl methyl sites for hydroxylation is 1. The van der Waals surface area contributed by atoms with E-state index < -0.39 is 0 Å². The molecule has 19 heavy (non-hydrogen) atoms. The zero-order valence-electron chi connectivity index (χ0n) is 12.1. The summed E-state index contributed by atoms with van der Waals surface area (Å²) in [6.07, 6.45) is 0. The van der Waals surface area contributed by atoms with E-state index in [1.54, 1.807) is 0 Å². The third-order valence-electron chi connectivity index (χ3n) is 3.68. The fraction of sp³-hybridized carbons (Fsp3) is 0.333. The van der Waals surface area contributed by atoms with Gasteiger partial charge in [0.1, 0.15) is 0 Å². The molecule has 2 aromatic carbocycles. The van der Waals surface area contributed by atoms with E-state index in [1.807, 2.05) is 0 Å². The molecule has 0 aromatic heterocycles. The lowest BCUT2D eigenvalue weighted by Crippen LogP contribution is -2.23. The van der Waals surface area contributed by atoms with Crippen LogP contribution in [0.4, 0.5) is 0 Å². The van der Waals surface area contributed by atoms with Crippen LogP contribution in [0.25, 0.3) is 0 Å². The van der Waals surface area contributed by atoms with Crippen LogP contribution in [0.15, 0.2) is 54.6 Å². The summed E-state index contributed by atoms with van der Waals surface area (Å²) >= 11 is 0. The monoisotopic (exact) mass is 253 g/mol. The highest BCUT2D eigenvalue weighted by Gasteiger charge is 2.08. The molecule has 2 aromatic rings. The average molecular weight is 253 g/mol. The normalized spacial score (nSPS) is 14.1. The third-order valence-corrected chi connectivity index (χ3v) is 3.68. The maximum atomic E-state index is 3.61. The van der Waals surface area contributed by atoms with Gasteiger partial charge in [-0.3, -0.25) is 0 Å². The van der Waals surface area contributed by atoms with Gasteiger partial charge in [-0.2, -0.15) is 0 Å². The first kappa shape index (κ1) is 13.8. The Kier molecular flexibility index (Phi) is 4.75. The molecule has 1 N–H and O–H groups in total. The first-order valence-electron chi connectivity index (χ1n) is 7.01. The van der Waals surface area contributed by atoms with Crippen LogP contribution >= 0.6 is 0 Å². The SMILES string of the molecule is Cc1ccc(C(C)CNC(C)c2ccccc2)cc1. The third kappa shape index (κ3) is 3.93. The van der Waals surface area contributed by atoms with Crippen molar-refractivity contribution >= 4 is 0 Å². The minimum atomic E-state index is 0.397. The molecule has 0 heterocycles. The summed E-state index contributed by atoms with van der Waals surface area (Å²) in [6.45, 7) is 7.62. The largest absolute Gasteiger partial charge is 0.310 e. The molecule has 100 valence electrons. The first-order valence-corrected chi connectivity index (χ1v) is 7.01. The number of rotatable bonds is 5. The van der Waals surface area contributed by atoms with Crippen molar-refractivity contribution in [1.82, 2.24) is 5.32 Å². The highest BCUT2D eigenvalue weighted by atomic mass is 14.9. The van der Waals surface area contributed by atoms with E-state index in [1.165, 1.54) is 16.7 Å². The fourth-order valence-corrected chi connectivity index (χ4v) is 2.23. The van der Waals surface area contributed by atoms with E-state index in [2.05, 4.69) is 80.7 Å². The molecular weight excluding hydrogens is 230 g/mol. The molecule has 0 amide bonds. The van der Waals surface area contributed by atoms with E-state index >= 15 is 0 Å². The first-order chi connectivity index (χ1) is 9.16. The summed E-state index contributed by atoms with van der Waals surface area (Å²) in [7, 11) is 0. The number of benzene rings is 2. The van der Waals surface area contributed by atoms with E-state index in [-0.39, 0.29) is 0 Å². The smallest absolute Gasteiger partial charge is 0.0292 e. The topological polar surface area (TPSA) is 12.0 Å². The van der Waals surface area contributed by atoms with Crippen LogP contribution in [0.3, 0.4) is 0 Å². The molecule has 0 aliphatic carbocycles. The minimum Gasteiger partial charge on any atom is -0.310 e. The molecule has 0 radical (unpaired) electrons. The molecule has 0 spiro atoms. The van der Waals surface area contributed by atoms with Crippen molar-refractivity contribution in [3.63, 3.8) is 0 Å². The van der Waals surface area contributed by atoms with Crippen LogP contribution in [0.2, 0.25) is 0 Å². The van der Waals surface area contributed by atoms with Crippen LogP contribution in [-0.4, -0.2) is 6.54 Å². The van der Waals surface area contributed by atoms with Crippen molar-refractivity contribution in [2.75, 3.05) is 6.54 Å². The molecule has 0 aliphatic heterocycles. The highest BCUT2D eigenvalue weighted by Crippen LogP contribution is 2.17. The zero-order chi connectivity index (χ0) is 13.7. The summed E-state index contributed by atoms with van der Waals surface area (Å²) in [4.78, 5) is 0. The van der Waals surface area contributed by atoms with Crippen LogP contribution in [-0.2, 0) is 0 Å². The van der Waals surface area contributed by atoms with E-state index in [0.29, 0.717) is 12.0 Å². The van der Waals surface area contributed by atoms with Gasteiger partial charge in [0.25, 0.3) is 0 Å². The summed E-state index contributed by atoms with van der Waals surface area (Å²) in [5, 5.41) is 3.61. The maximum Gasteiger partial charge on any atom is 0.0292 e. The Bertz CT molecular complexity index is 487. The van der Waals surface area contributed by atoms with E-state index in [0.717, 1.165) is 6.54 Å². The quantitative estimate of drug-likeness (QED) is 0.830. The lowest BCUT2D eigenvalue weighted by atomic mass is 9.99. The summed E-state index contributed by atoms with van der Waals surface area (Å²) < 4.78 is 0. The van der Waals surface area contributed by atoms with Crippen LogP contribution in [0.1, 0.15) is 42.5 Å². The van der Waals surface area contributed by atoms with Crippen molar-refractivity contribution in [2.24, 2.45) is 0 Å². The average Bonchev–Trinajstić information content (AvgIpc) is 2.46. The van der Waals surface area contributed by atoms with Gasteiger partial charge >= 0.3 is 0 Å². The van der Waals surface area contributed by atoms with Crippen molar-refractivity contribution < 1.29 is 0 Å². The van der Waals surface area contributed by atoms with Crippen LogP contribution < -0.4 is 5.32 Å². The maximum absolute atomic E-state index is 3.61. The van der Waals surface area contributed by atoms with Gasteiger partial charge in [-0.05, 0) is 30.9 Å². The Balaban J connectivity index is 1.90. The molecule has 0 bridgehead atoms. The highest BCUT2D eigenvalue weighted by molar-refractivity contribution is 5.24. The molecule has 2 unspecified atom stereocenters. The molecule has 1 heteroatoms. The predicted molar refractivity (Wildman–Crippen MR) is 82.5 cm³/mol. The molecule has 0 fully saturated rings. The Morgan fingerprint density at radius 1 is 0.842 bits per heavy atom. The molecule has 2 atom stereocenters. The summed E-state index contributed by atoms with van der Waals surface area (Å²) in [5.74, 6) is 0.534. The summed E-state index contributed by atoms with van der Waals surface area (Å²) in [6, 6.07) is 19.8. The van der Waals surface area contributed by atoms with Gasteiger partial charge in [0.15, 0.2) is 0 Å². The van der Waals surface area contributed by atoms with Crippen LogP contribution in [0, 0.1) is 6.92 Å². The van der Waals surface area contributed by atoms with Gasteiger partial charge in [0, 0.05) is 12.6 Å². The number of hydrogen-bond donors (Lipinski definition) is 1. The van der Waals surface area contributed by atoms with E-state index in [9.17, 15) is 0 Å². The Hall–Kier alpha value is -1.60. The summed E-state index contributed by atoms with van der Waals surface area (Å²) in [5.41, 5.74) is 4.07. The van der Waals surface area contributed by atoms with Gasteiger partial charge in [-0.25, -0.2) is 0 Å². The Morgan fingerprint density at radius 3 is 2.11 bits per heavy atom. The molecule has 0 saturated heterocycles. The van der Waals surface area contributed by atoms with E-state index in [4.69, 9.17) is 0 Å². The van der Waals surface area contributed by atoms with Crippen LogP contribution in [0.5, 0.6) is 0 Å². The fourth-order valence-electron chi connectivity index (χ4n) is 2.23. The van der Waals surface area contributed by atoms with Crippen molar-refractivity contribution in [3.05, 3.63) is 71.3 Å². The Morgan fingerprint density at radius 2 is 1.47 bits per heavy atom. The van der Waals surface area contributed by atoms with Gasteiger partial charge in [0.2, 0.25) is 0 Å². The van der Waals surface area contributed by atoms with Crippen molar-refractivity contribution in [2.45, 2.75) is 32.7 Å². The lowest BCUT2D eigenvalue weighted by Gasteiger charge is -2.18.